The Morgan fingerprint density at radius 2 is 2.20 bits per heavy atom. The molecule has 2 rings (SSSR count). The van der Waals surface area contributed by atoms with Crippen LogP contribution in [0.4, 0.5) is 0 Å². The zero-order chi connectivity index (χ0) is 18.2. The standard InChI is InChI=1S/C19H17NO5/c1-13-11-17(22)18(19(23)25-13)16(21)8-7-14-5-4-6-15(12-14)24-10-3-2-9-20/h4-8,11-12,18H,2-3,10H2,1H3/b8-7-/t18-/m1/s1. The van der Waals surface area contributed by atoms with Gasteiger partial charge in [-0.25, -0.2) is 0 Å². The van der Waals surface area contributed by atoms with Crippen LogP contribution in [0.5, 0.6) is 5.75 Å². The fraction of sp³-hybridized carbons (Fsp3) is 0.263. The molecule has 128 valence electrons. The Morgan fingerprint density at radius 3 is 2.92 bits per heavy atom. The molecule has 1 heterocycles. The highest BCUT2D eigenvalue weighted by Gasteiger charge is 2.36. The van der Waals surface area contributed by atoms with Crippen LogP contribution in [0.15, 0.2) is 42.2 Å². The van der Waals surface area contributed by atoms with Gasteiger partial charge in [0.05, 0.1) is 12.7 Å². The van der Waals surface area contributed by atoms with E-state index in [1.54, 1.807) is 24.3 Å². The number of rotatable bonds is 7. The molecule has 0 amide bonds. The number of allylic oxidation sites excluding steroid dienone is 3. The summed E-state index contributed by atoms with van der Waals surface area (Å²) in [6, 6.07) is 9.05. The maximum absolute atomic E-state index is 12.1. The molecule has 0 radical (unpaired) electrons. The smallest absolute Gasteiger partial charge is 0.329 e. The Kier molecular flexibility index (Phi) is 6.24. The van der Waals surface area contributed by atoms with Crippen molar-refractivity contribution in [3.8, 4) is 11.8 Å². The number of benzene rings is 1. The van der Waals surface area contributed by atoms with E-state index in [1.165, 1.54) is 19.1 Å². The first-order chi connectivity index (χ1) is 12.0. The molecular formula is C19H17NO5. The lowest BCUT2D eigenvalue weighted by atomic mass is 9.96. The number of nitrogens with zero attached hydrogens (tertiary/aromatic N) is 1. The topological polar surface area (TPSA) is 93.5 Å². The van der Waals surface area contributed by atoms with Crippen LogP contribution in [0.1, 0.15) is 25.3 Å². The van der Waals surface area contributed by atoms with Crippen molar-refractivity contribution in [2.75, 3.05) is 6.61 Å². The van der Waals surface area contributed by atoms with E-state index in [9.17, 15) is 14.4 Å². The Morgan fingerprint density at radius 1 is 1.40 bits per heavy atom. The Bertz CT molecular complexity index is 785. The van der Waals surface area contributed by atoms with E-state index in [0.29, 0.717) is 30.8 Å². The van der Waals surface area contributed by atoms with E-state index in [1.807, 2.05) is 6.07 Å². The summed E-state index contributed by atoms with van der Waals surface area (Å²) in [4.78, 5) is 35.7. The van der Waals surface area contributed by atoms with Gasteiger partial charge in [0.25, 0.3) is 0 Å². The minimum Gasteiger partial charge on any atom is -0.494 e. The number of carbonyl (C=O) groups excluding carboxylic acids is 3. The summed E-state index contributed by atoms with van der Waals surface area (Å²) in [5.41, 5.74) is 0.689. The number of ether oxygens (including phenoxy) is 2. The van der Waals surface area contributed by atoms with Gasteiger partial charge in [0.15, 0.2) is 17.5 Å². The fourth-order valence-electron chi connectivity index (χ4n) is 2.23. The van der Waals surface area contributed by atoms with Crippen LogP contribution in [0.25, 0.3) is 6.08 Å². The summed E-state index contributed by atoms with van der Waals surface area (Å²) >= 11 is 0. The van der Waals surface area contributed by atoms with Crippen molar-refractivity contribution in [3.63, 3.8) is 0 Å². The summed E-state index contributed by atoms with van der Waals surface area (Å²) in [7, 11) is 0. The van der Waals surface area contributed by atoms with Gasteiger partial charge in [-0.15, -0.1) is 0 Å². The van der Waals surface area contributed by atoms with Crippen molar-refractivity contribution in [2.24, 2.45) is 5.92 Å². The molecule has 0 saturated carbocycles. The van der Waals surface area contributed by atoms with Gasteiger partial charge in [-0.05, 0) is 37.1 Å². The second-order valence-electron chi connectivity index (χ2n) is 5.43. The predicted octanol–water partition coefficient (Wildman–Crippen LogP) is 2.60. The van der Waals surface area contributed by atoms with Crippen molar-refractivity contribution in [2.45, 2.75) is 19.8 Å². The van der Waals surface area contributed by atoms with Gasteiger partial charge in [0.1, 0.15) is 11.5 Å². The van der Waals surface area contributed by atoms with Crippen LogP contribution < -0.4 is 4.74 Å². The summed E-state index contributed by atoms with van der Waals surface area (Å²) in [6.07, 6.45) is 4.90. The molecule has 6 nitrogen and oxygen atoms in total. The molecule has 1 aliphatic rings. The summed E-state index contributed by atoms with van der Waals surface area (Å²) in [6.45, 7) is 1.90. The first kappa shape index (κ1) is 18.1. The molecule has 1 aliphatic heterocycles. The number of ketones is 2. The van der Waals surface area contributed by atoms with Crippen molar-refractivity contribution in [3.05, 3.63) is 47.7 Å². The molecule has 0 fully saturated rings. The van der Waals surface area contributed by atoms with Gasteiger partial charge in [-0.1, -0.05) is 18.2 Å². The number of esters is 1. The number of unbranched alkanes of at least 4 members (excludes halogenated alkanes) is 1. The normalized spacial score (nSPS) is 17.0. The van der Waals surface area contributed by atoms with Gasteiger partial charge in [-0.2, -0.15) is 5.26 Å². The van der Waals surface area contributed by atoms with Gasteiger partial charge in [0.2, 0.25) is 0 Å². The average Bonchev–Trinajstić information content (AvgIpc) is 2.56. The molecule has 0 aromatic heterocycles. The van der Waals surface area contributed by atoms with E-state index in [0.717, 1.165) is 6.08 Å². The molecule has 1 aromatic carbocycles. The number of hydrogen-bond acceptors (Lipinski definition) is 6. The quantitative estimate of drug-likeness (QED) is 0.328. The SMILES string of the molecule is CC1=CC(=O)[C@@H](C(=O)/C=C\c2cccc(OCCCC#N)c2)C(=O)O1. The highest BCUT2D eigenvalue weighted by molar-refractivity contribution is 6.25. The largest absolute Gasteiger partial charge is 0.494 e. The second-order valence-corrected chi connectivity index (χ2v) is 5.43. The monoisotopic (exact) mass is 339 g/mol. The minimum absolute atomic E-state index is 0.185. The third-order valence-electron chi connectivity index (χ3n) is 3.41. The fourth-order valence-corrected chi connectivity index (χ4v) is 2.23. The highest BCUT2D eigenvalue weighted by atomic mass is 16.5. The van der Waals surface area contributed by atoms with E-state index >= 15 is 0 Å². The highest BCUT2D eigenvalue weighted by Crippen LogP contribution is 2.18. The zero-order valence-electron chi connectivity index (χ0n) is 13.7. The number of cyclic esters (lactones) is 1. The Hall–Kier alpha value is -3.20. The third kappa shape index (κ3) is 5.15. The number of nitriles is 1. The predicted molar refractivity (Wildman–Crippen MR) is 89.2 cm³/mol. The van der Waals surface area contributed by atoms with Gasteiger partial charge >= 0.3 is 5.97 Å². The molecule has 0 spiro atoms. The van der Waals surface area contributed by atoms with Crippen molar-refractivity contribution >= 4 is 23.6 Å². The molecule has 0 aliphatic carbocycles. The number of carbonyl (C=O) groups is 3. The van der Waals surface area contributed by atoms with Crippen LogP contribution in [-0.2, 0) is 19.1 Å². The van der Waals surface area contributed by atoms with Crippen LogP contribution in [-0.4, -0.2) is 24.1 Å². The summed E-state index contributed by atoms with van der Waals surface area (Å²) in [5, 5.41) is 8.48. The number of hydrogen-bond donors (Lipinski definition) is 0. The maximum atomic E-state index is 12.1. The lowest BCUT2D eigenvalue weighted by Crippen LogP contribution is -2.34. The van der Waals surface area contributed by atoms with Crippen LogP contribution >= 0.6 is 0 Å². The van der Waals surface area contributed by atoms with E-state index in [2.05, 4.69) is 0 Å². The molecule has 1 aromatic rings. The Labute approximate surface area is 145 Å². The lowest BCUT2D eigenvalue weighted by Gasteiger charge is -2.15. The minimum atomic E-state index is -1.44. The van der Waals surface area contributed by atoms with Crippen molar-refractivity contribution in [1.82, 2.24) is 0 Å². The van der Waals surface area contributed by atoms with Crippen molar-refractivity contribution < 1.29 is 23.9 Å². The Balaban J connectivity index is 2.01. The molecule has 0 unspecified atom stereocenters. The average molecular weight is 339 g/mol. The van der Waals surface area contributed by atoms with Gasteiger partial charge in [0, 0.05) is 12.5 Å². The first-order valence-electron chi connectivity index (χ1n) is 7.77. The van der Waals surface area contributed by atoms with E-state index in [-0.39, 0.29) is 5.76 Å². The van der Waals surface area contributed by atoms with Crippen LogP contribution in [0.3, 0.4) is 0 Å². The molecule has 0 saturated heterocycles. The zero-order valence-corrected chi connectivity index (χ0v) is 13.7. The van der Waals surface area contributed by atoms with Crippen molar-refractivity contribution in [1.29, 1.82) is 5.26 Å². The summed E-state index contributed by atoms with van der Waals surface area (Å²) in [5.74, 6) is -2.69. The van der Waals surface area contributed by atoms with Gasteiger partial charge < -0.3 is 9.47 Å². The maximum Gasteiger partial charge on any atom is 0.329 e. The van der Waals surface area contributed by atoms with E-state index < -0.39 is 23.5 Å². The third-order valence-corrected chi connectivity index (χ3v) is 3.41. The molecule has 25 heavy (non-hydrogen) atoms. The van der Waals surface area contributed by atoms with Crippen LogP contribution in [0.2, 0.25) is 0 Å². The second kappa shape index (κ2) is 8.60. The van der Waals surface area contributed by atoms with Gasteiger partial charge in [-0.3, -0.25) is 14.4 Å². The molecule has 0 N–H and O–H groups in total. The molecule has 0 bridgehead atoms. The summed E-state index contributed by atoms with van der Waals surface area (Å²) < 4.78 is 10.3. The van der Waals surface area contributed by atoms with E-state index in [4.69, 9.17) is 14.7 Å². The molecule has 6 heteroatoms. The molecule has 1 atom stereocenters. The van der Waals surface area contributed by atoms with Crippen LogP contribution in [0, 0.1) is 17.2 Å². The first-order valence-corrected chi connectivity index (χ1v) is 7.77. The lowest BCUT2D eigenvalue weighted by molar-refractivity contribution is -0.151. The molecular weight excluding hydrogens is 322 g/mol.